The third-order valence-corrected chi connectivity index (χ3v) is 3.92. The second kappa shape index (κ2) is 10.4. The highest BCUT2D eigenvalue weighted by Gasteiger charge is 2.26. The Bertz CT molecular complexity index is 240. The number of ether oxygens (including phenoxy) is 1. The Labute approximate surface area is 117 Å². The van der Waals surface area contributed by atoms with Gasteiger partial charge in [0.05, 0.1) is 6.10 Å². The maximum Gasteiger partial charge on any atom is 0.161 e. The lowest BCUT2D eigenvalue weighted by Gasteiger charge is -2.20. The number of rotatable bonds is 9. The zero-order chi connectivity index (χ0) is 13.9. The van der Waals surface area contributed by atoms with Crippen LogP contribution in [0.2, 0.25) is 0 Å². The van der Waals surface area contributed by atoms with Crippen molar-refractivity contribution in [1.29, 1.82) is 0 Å². The number of carbonyl (C=O) groups is 1. The van der Waals surface area contributed by atoms with E-state index in [0.717, 1.165) is 38.5 Å². The maximum absolute atomic E-state index is 11.9. The number of unbranched alkanes of at least 4 members (excludes halogenated alkanes) is 4. The van der Waals surface area contributed by atoms with Crippen LogP contribution in [-0.4, -0.2) is 29.7 Å². The van der Waals surface area contributed by atoms with E-state index in [9.17, 15) is 4.79 Å². The van der Waals surface area contributed by atoms with Crippen molar-refractivity contribution in [2.45, 2.75) is 89.8 Å². The molecule has 0 radical (unpaired) electrons. The molecule has 0 aromatic heterocycles. The molecule has 0 unspecified atom stereocenters. The molecule has 0 aromatic carbocycles. The van der Waals surface area contributed by atoms with Gasteiger partial charge in [-0.15, -0.1) is 0 Å². The first-order valence-electron chi connectivity index (χ1n) is 8.07. The van der Waals surface area contributed by atoms with Gasteiger partial charge in [0.1, 0.15) is 6.10 Å². The van der Waals surface area contributed by atoms with E-state index in [-0.39, 0.29) is 24.6 Å². The molecule has 0 bridgehead atoms. The molecule has 1 fully saturated rings. The van der Waals surface area contributed by atoms with Gasteiger partial charge in [0.15, 0.2) is 5.78 Å². The van der Waals surface area contributed by atoms with Crippen molar-refractivity contribution in [3.63, 3.8) is 0 Å². The van der Waals surface area contributed by atoms with Gasteiger partial charge in [-0.2, -0.15) is 0 Å². The van der Waals surface area contributed by atoms with Crippen LogP contribution < -0.4 is 0 Å². The zero-order valence-electron chi connectivity index (χ0n) is 12.4. The van der Waals surface area contributed by atoms with Crippen LogP contribution in [0.1, 0.15) is 77.6 Å². The zero-order valence-corrected chi connectivity index (χ0v) is 12.4. The molecule has 0 spiro atoms. The van der Waals surface area contributed by atoms with Crippen molar-refractivity contribution in [3.8, 4) is 0 Å². The van der Waals surface area contributed by atoms with E-state index < -0.39 is 0 Å². The minimum atomic E-state index is -0.203. The number of Topliss-reactive ketones (excluding diaryl/α,β-unsaturated/α-hetero) is 1. The largest absolute Gasteiger partial charge is 0.396 e. The molecule has 1 aliphatic heterocycles. The van der Waals surface area contributed by atoms with Gasteiger partial charge in [-0.25, -0.2) is 0 Å². The van der Waals surface area contributed by atoms with Gasteiger partial charge >= 0.3 is 0 Å². The highest BCUT2D eigenvalue weighted by atomic mass is 16.5. The molecule has 0 aromatic rings. The van der Waals surface area contributed by atoms with Gasteiger partial charge in [-0.1, -0.05) is 32.6 Å². The van der Waals surface area contributed by atoms with E-state index >= 15 is 0 Å². The number of carbonyl (C=O) groups excluding carboxylic acids is 1. The monoisotopic (exact) mass is 270 g/mol. The van der Waals surface area contributed by atoms with Crippen molar-refractivity contribution in [2.75, 3.05) is 6.61 Å². The number of aliphatic hydroxyl groups is 1. The summed E-state index contributed by atoms with van der Waals surface area (Å²) in [4.78, 5) is 11.9. The summed E-state index contributed by atoms with van der Waals surface area (Å²) in [6.07, 6.45) is 11.4. The van der Waals surface area contributed by atoms with Gasteiger partial charge in [-0.3, -0.25) is 4.79 Å². The van der Waals surface area contributed by atoms with Gasteiger partial charge in [0, 0.05) is 13.0 Å². The first-order chi connectivity index (χ1) is 9.27. The number of ketones is 1. The van der Waals surface area contributed by atoms with Crippen molar-refractivity contribution in [3.05, 3.63) is 0 Å². The van der Waals surface area contributed by atoms with Gasteiger partial charge in [-0.05, 0) is 38.5 Å². The lowest BCUT2D eigenvalue weighted by molar-refractivity contribution is -0.132. The summed E-state index contributed by atoms with van der Waals surface area (Å²) < 4.78 is 6.02. The molecule has 1 heterocycles. The minimum absolute atomic E-state index is 0.203. The summed E-state index contributed by atoms with van der Waals surface area (Å²) in [5.41, 5.74) is 0. The molecule has 0 amide bonds. The van der Waals surface area contributed by atoms with Crippen LogP contribution >= 0.6 is 0 Å². The number of hydrogen-bond donors (Lipinski definition) is 1. The van der Waals surface area contributed by atoms with Crippen LogP contribution in [0, 0.1) is 0 Å². The van der Waals surface area contributed by atoms with E-state index in [2.05, 4.69) is 6.92 Å². The molecule has 1 saturated heterocycles. The van der Waals surface area contributed by atoms with Crippen molar-refractivity contribution in [1.82, 2.24) is 0 Å². The fourth-order valence-corrected chi connectivity index (χ4v) is 2.72. The first-order valence-corrected chi connectivity index (χ1v) is 8.07. The molecule has 0 saturated carbocycles. The van der Waals surface area contributed by atoms with Crippen molar-refractivity contribution in [2.24, 2.45) is 0 Å². The van der Waals surface area contributed by atoms with Gasteiger partial charge in [0.2, 0.25) is 0 Å². The normalized spacial score (nSPS) is 24.4. The van der Waals surface area contributed by atoms with Crippen LogP contribution in [0.5, 0.6) is 0 Å². The third kappa shape index (κ3) is 7.07. The topological polar surface area (TPSA) is 46.5 Å². The predicted octanol–water partition coefficient (Wildman–Crippen LogP) is 3.63. The van der Waals surface area contributed by atoms with Crippen molar-refractivity contribution >= 4 is 5.78 Å². The van der Waals surface area contributed by atoms with E-state index in [0.29, 0.717) is 6.42 Å². The van der Waals surface area contributed by atoms with Crippen LogP contribution in [-0.2, 0) is 9.53 Å². The van der Waals surface area contributed by atoms with Gasteiger partial charge in [0.25, 0.3) is 0 Å². The Balaban J connectivity index is 2.30. The Morgan fingerprint density at radius 1 is 1.16 bits per heavy atom. The molecule has 2 atom stereocenters. The minimum Gasteiger partial charge on any atom is -0.396 e. The molecule has 0 aliphatic carbocycles. The smallest absolute Gasteiger partial charge is 0.161 e. The summed E-state index contributed by atoms with van der Waals surface area (Å²) in [5, 5.41) is 8.81. The molecule has 19 heavy (non-hydrogen) atoms. The first kappa shape index (κ1) is 16.6. The lowest BCUT2D eigenvalue weighted by atomic mass is 10.0. The van der Waals surface area contributed by atoms with E-state index in [1.807, 2.05) is 0 Å². The second-order valence-corrected chi connectivity index (χ2v) is 5.67. The van der Waals surface area contributed by atoms with Gasteiger partial charge < -0.3 is 9.84 Å². The third-order valence-electron chi connectivity index (χ3n) is 3.92. The SMILES string of the molecule is CCCCCC[C@H]1CCCC(=O)[C@@H](CCCCO)O1. The second-order valence-electron chi connectivity index (χ2n) is 5.67. The van der Waals surface area contributed by atoms with E-state index in [1.54, 1.807) is 0 Å². The molecular weight excluding hydrogens is 240 g/mol. The Kier molecular flexibility index (Phi) is 9.10. The number of hydrogen-bond acceptors (Lipinski definition) is 3. The molecule has 1 aliphatic rings. The number of aliphatic hydroxyl groups excluding tert-OH is 1. The average molecular weight is 270 g/mol. The molecule has 1 rings (SSSR count). The van der Waals surface area contributed by atoms with E-state index in [4.69, 9.17) is 9.84 Å². The Morgan fingerprint density at radius 3 is 2.68 bits per heavy atom. The standard InChI is InChI=1S/C16H30O3/c1-2-3-4-5-9-14-10-8-11-15(18)16(19-14)12-6-7-13-17/h14,16-17H,2-13H2,1H3/t14-,16+/m0/s1. The summed E-state index contributed by atoms with van der Waals surface area (Å²) in [7, 11) is 0. The summed E-state index contributed by atoms with van der Waals surface area (Å²) >= 11 is 0. The molecule has 112 valence electrons. The lowest BCUT2D eigenvalue weighted by Crippen LogP contribution is -2.26. The fourth-order valence-electron chi connectivity index (χ4n) is 2.72. The summed E-state index contributed by atoms with van der Waals surface area (Å²) in [6.45, 7) is 2.43. The highest BCUT2D eigenvalue weighted by molar-refractivity contribution is 5.83. The Morgan fingerprint density at radius 2 is 1.95 bits per heavy atom. The Hall–Kier alpha value is -0.410. The highest BCUT2D eigenvalue weighted by Crippen LogP contribution is 2.23. The van der Waals surface area contributed by atoms with Crippen LogP contribution in [0.3, 0.4) is 0 Å². The maximum atomic E-state index is 11.9. The average Bonchev–Trinajstić information content (AvgIpc) is 2.58. The quantitative estimate of drug-likeness (QED) is 0.651. The van der Waals surface area contributed by atoms with Crippen LogP contribution in [0.4, 0.5) is 0 Å². The fraction of sp³-hybridized carbons (Fsp3) is 0.938. The summed E-state index contributed by atoms with van der Waals surface area (Å²) in [6, 6.07) is 0. The molecule has 3 nitrogen and oxygen atoms in total. The molecule has 1 N–H and O–H groups in total. The van der Waals surface area contributed by atoms with Crippen molar-refractivity contribution < 1.29 is 14.6 Å². The van der Waals surface area contributed by atoms with Crippen LogP contribution in [0.15, 0.2) is 0 Å². The van der Waals surface area contributed by atoms with E-state index in [1.165, 1.54) is 25.7 Å². The molecule has 3 heteroatoms. The predicted molar refractivity (Wildman–Crippen MR) is 77.2 cm³/mol. The summed E-state index contributed by atoms with van der Waals surface area (Å²) in [5.74, 6) is 0.272. The molecular formula is C16H30O3. The van der Waals surface area contributed by atoms with Crippen LogP contribution in [0.25, 0.3) is 0 Å².